The van der Waals surface area contributed by atoms with E-state index >= 15 is 0 Å². The minimum absolute atomic E-state index is 0. The van der Waals surface area contributed by atoms with Gasteiger partial charge in [-0.3, -0.25) is 0 Å². The van der Waals surface area contributed by atoms with E-state index in [0.717, 1.165) is 18.6 Å². The summed E-state index contributed by atoms with van der Waals surface area (Å²) < 4.78 is 0.664. The van der Waals surface area contributed by atoms with Crippen LogP contribution < -0.4 is 53.3 Å². The van der Waals surface area contributed by atoms with Crippen molar-refractivity contribution in [1.29, 1.82) is 0 Å². The Morgan fingerprint density at radius 3 is 1.95 bits per heavy atom. The topological polar surface area (TPSA) is 92.3 Å². The van der Waals surface area contributed by atoms with Crippen molar-refractivity contribution >= 4 is 40.2 Å². The number of carbonyl (C=O) groups is 2. The first kappa shape index (κ1) is 25.3. The van der Waals surface area contributed by atoms with Crippen LogP contribution in [0, 0.1) is 0 Å². The molecule has 0 rings (SSSR count). The van der Waals surface area contributed by atoms with Gasteiger partial charge in [-0.25, -0.2) is 0 Å². The van der Waals surface area contributed by atoms with Crippen molar-refractivity contribution in [3.05, 3.63) is 0 Å². The minimum atomic E-state index is -1.03. The predicted octanol–water partition coefficient (Wildman–Crippen LogP) is -6.56. The fraction of sp³-hybridized carbons (Fsp3) is 0.727. The largest absolute Gasteiger partial charge is 1.00 e. The number of rotatable bonds is 10. The molecule has 0 aliphatic carbocycles. The zero-order valence-electron chi connectivity index (χ0n) is 12.1. The summed E-state index contributed by atoms with van der Waals surface area (Å²) in [5.41, 5.74) is 0. The number of carbonyl (C=O) groups excluding carboxylic acids is 2. The van der Waals surface area contributed by atoms with E-state index in [1.807, 2.05) is 0 Å². The van der Waals surface area contributed by atoms with E-state index in [4.69, 9.17) is 12.2 Å². The van der Waals surface area contributed by atoms with E-state index in [0.29, 0.717) is 23.7 Å². The molecule has 0 aliphatic rings. The van der Waals surface area contributed by atoms with E-state index in [1.165, 1.54) is 11.8 Å². The van der Waals surface area contributed by atoms with Crippen LogP contribution in [-0.2, 0) is 9.59 Å². The van der Waals surface area contributed by atoms with Gasteiger partial charge in [-0.15, -0.1) is 0 Å². The number of hydrogen-bond donors (Lipinski definition) is 1. The molecule has 0 aromatic rings. The summed E-state index contributed by atoms with van der Waals surface area (Å²) in [6, 6.07) is 0. The fourth-order valence-electron chi connectivity index (χ4n) is 1.17. The van der Waals surface area contributed by atoms with Crippen molar-refractivity contribution in [2.24, 2.45) is 0 Å². The molecule has 1 N–H and O–H groups in total. The van der Waals surface area contributed by atoms with Crippen LogP contribution in [0.2, 0.25) is 0 Å². The Labute approximate surface area is 153 Å². The molecule has 0 radical (unpaired) electrons. The van der Waals surface area contributed by atoms with Crippen LogP contribution in [0.15, 0.2) is 0 Å². The van der Waals surface area contributed by atoms with E-state index in [9.17, 15) is 19.8 Å². The van der Waals surface area contributed by atoms with E-state index in [-0.39, 0.29) is 50.6 Å². The summed E-state index contributed by atoms with van der Waals surface area (Å²) >= 11 is 6.52. The second-order valence-corrected chi connectivity index (χ2v) is 5.49. The summed E-state index contributed by atoms with van der Waals surface area (Å²) in [5, 5.41) is 23.3. The van der Waals surface area contributed by atoms with E-state index in [1.54, 1.807) is 0 Å². The van der Waals surface area contributed by atoms with Gasteiger partial charge >= 0.3 is 37.7 Å². The first-order chi connectivity index (χ1) is 8.52. The van der Waals surface area contributed by atoms with Crippen molar-refractivity contribution in [3.8, 4) is 0 Å². The molecular weight excluding hydrogens is 288 g/mol. The number of nitrogens with one attached hydrogen (secondary N) is 1. The molecule has 0 amide bonds. The third-order valence-corrected chi connectivity index (χ3v) is 3.48. The summed E-state index contributed by atoms with van der Waals surface area (Å²) in [7, 11) is 0. The maximum atomic E-state index is 10.1. The Kier molecular flexibility index (Phi) is 22.1. The average Bonchev–Trinajstić information content (AvgIpc) is 2.27. The first-order valence-corrected chi connectivity index (χ1v) is 7.22. The second-order valence-electron chi connectivity index (χ2n) is 3.72. The number of hydrogen-bond acceptors (Lipinski definition) is 6. The van der Waals surface area contributed by atoms with Crippen LogP contribution in [0.3, 0.4) is 0 Å². The Hall–Kier alpha value is 0.375. The van der Waals surface area contributed by atoms with Gasteiger partial charge < -0.3 is 25.1 Å². The molecule has 104 valence electrons. The molecule has 0 aliphatic heterocycles. The molecule has 0 fully saturated rings. The standard InChI is InChI=1S/C11H19NO4S2.2Li/c13-9(14)5-1-3-7-12-11(17)18-8-4-2-6-10(15)16;;/h1-8H2,(H,12,17)(H,13,14)(H,15,16);;/q;2*+1/p-2. The van der Waals surface area contributed by atoms with Crippen molar-refractivity contribution in [2.75, 3.05) is 12.3 Å². The van der Waals surface area contributed by atoms with Gasteiger partial charge in [0.1, 0.15) is 4.32 Å². The molecule has 5 nitrogen and oxygen atoms in total. The Bertz CT molecular complexity index is 268. The molecule has 0 heterocycles. The maximum absolute atomic E-state index is 10.1. The quantitative estimate of drug-likeness (QED) is 0.244. The number of thioether (sulfide) groups is 1. The van der Waals surface area contributed by atoms with Crippen molar-refractivity contribution < 1.29 is 57.5 Å². The number of thiocarbonyl (C=S) groups is 1. The van der Waals surface area contributed by atoms with Crippen LogP contribution in [0.5, 0.6) is 0 Å². The van der Waals surface area contributed by atoms with Crippen LogP contribution in [0.1, 0.15) is 38.5 Å². The molecule has 0 saturated heterocycles. The van der Waals surface area contributed by atoms with Gasteiger partial charge in [0, 0.05) is 24.2 Å². The molecule has 0 unspecified atom stereocenters. The molecular formula is C11H17Li2NO4S2. The molecule has 0 spiro atoms. The Morgan fingerprint density at radius 1 is 0.950 bits per heavy atom. The molecule has 0 atom stereocenters. The number of unbranched alkanes of at least 4 members (excludes halogenated alkanes) is 2. The first-order valence-electron chi connectivity index (χ1n) is 5.82. The van der Waals surface area contributed by atoms with Crippen molar-refractivity contribution in [1.82, 2.24) is 5.32 Å². The molecule has 9 heteroatoms. The van der Waals surface area contributed by atoms with Crippen molar-refractivity contribution in [2.45, 2.75) is 38.5 Å². The molecule has 0 saturated carbocycles. The number of carboxylic acids is 2. The Morgan fingerprint density at radius 2 is 1.45 bits per heavy atom. The molecule has 0 aromatic heterocycles. The van der Waals surface area contributed by atoms with Gasteiger partial charge in [-0.2, -0.15) is 0 Å². The molecule has 0 bridgehead atoms. The molecule has 0 aromatic carbocycles. The maximum Gasteiger partial charge on any atom is 1.00 e. The van der Waals surface area contributed by atoms with Gasteiger partial charge in [-0.1, -0.05) is 24.0 Å². The normalized spacial score (nSPS) is 9.00. The van der Waals surface area contributed by atoms with E-state index < -0.39 is 11.9 Å². The zero-order valence-corrected chi connectivity index (χ0v) is 13.7. The molecule has 20 heavy (non-hydrogen) atoms. The van der Waals surface area contributed by atoms with Gasteiger partial charge in [-0.05, 0) is 38.5 Å². The van der Waals surface area contributed by atoms with Crippen LogP contribution in [0.4, 0.5) is 0 Å². The van der Waals surface area contributed by atoms with Gasteiger partial charge in [0.2, 0.25) is 0 Å². The van der Waals surface area contributed by atoms with Crippen LogP contribution in [-0.4, -0.2) is 28.6 Å². The predicted molar refractivity (Wildman–Crippen MR) is 70.8 cm³/mol. The smallest absolute Gasteiger partial charge is 0.550 e. The minimum Gasteiger partial charge on any atom is -0.550 e. The summed E-state index contributed by atoms with van der Waals surface area (Å²) in [6.45, 7) is 0.651. The summed E-state index contributed by atoms with van der Waals surface area (Å²) in [4.78, 5) is 20.3. The number of carboxylic acid groups (broad SMARTS) is 2. The summed E-state index contributed by atoms with van der Waals surface area (Å²) in [6.07, 6.45) is 2.86. The van der Waals surface area contributed by atoms with E-state index in [2.05, 4.69) is 5.32 Å². The monoisotopic (exact) mass is 305 g/mol. The summed E-state index contributed by atoms with van der Waals surface area (Å²) in [5.74, 6) is -1.27. The van der Waals surface area contributed by atoms with Gasteiger partial charge in [0.25, 0.3) is 0 Å². The fourth-order valence-corrected chi connectivity index (χ4v) is 2.26. The van der Waals surface area contributed by atoms with Crippen molar-refractivity contribution in [3.63, 3.8) is 0 Å². The van der Waals surface area contributed by atoms with Gasteiger partial charge in [0.15, 0.2) is 0 Å². The second kappa shape index (κ2) is 17.4. The van der Waals surface area contributed by atoms with Gasteiger partial charge in [0.05, 0.1) is 0 Å². The van der Waals surface area contributed by atoms with Crippen LogP contribution in [0.25, 0.3) is 0 Å². The third-order valence-electron chi connectivity index (χ3n) is 2.09. The SMILES string of the molecule is O=C([O-])CCCCNC(=S)SCCCCC(=O)[O-].[Li+].[Li+]. The van der Waals surface area contributed by atoms with Crippen LogP contribution >= 0.6 is 24.0 Å². The number of aliphatic carboxylic acids is 2. The average molecular weight is 305 g/mol. The third kappa shape index (κ3) is 20.7. The Balaban J connectivity index is -0.00000144. The zero-order chi connectivity index (χ0) is 13.8.